The summed E-state index contributed by atoms with van der Waals surface area (Å²) in [6, 6.07) is 6.14. The average molecular weight is 293 g/mol. The van der Waals surface area contributed by atoms with Crippen molar-refractivity contribution in [2.45, 2.75) is 39.8 Å². The van der Waals surface area contributed by atoms with Crippen LogP contribution in [0.2, 0.25) is 0 Å². The number of benzene rings is 1. The van der Waals surface area contributed by atoms with E-state index < -0.39 is 11.0 Å². The van der Waals surface area contributed by atoms with Crippen LogP contribution in [0.3, 0.4) is 0 Å². The minimum absolute atomic E-state index is 0.0671. The molecule has 6 nitrogen and oxygen atoms in total. The highest BCUT2D eigenvalue weighted by atomic mass is 16.6. The first-order valence-electron chi connectivity index (χ1n) is 7.15. The largest absolute Gasteiger partial charge is 0.355 e. The van der Waals surface area contributed by atoms with Gasteiger partial charge < -0.3 is 10.6 Å². The summed E-state index contributed by atoms with van der Waals surface area (Å²) >= 11 is 0. The number of rotatable bonds is 8. The molecule has 1 aromatic carbocycles. The smallest absolute Gasteiger partial charge is 0.273 e. The van der Waals surface area contributed by atoms with E-state index in [-0.39, 0.29) is 18.1 Å². The van der Waals surface area contributed by atoms with E-state index in [0.717, 1.165) is 6.42 Å². The van der Waals surface area contributed by atoms with Gasteiger partial charge in [0.15, 0.2) is 0 Å². The summed E-state index contributed by atoms with van der Waals surface area (Å²) in [6.45, 7) is 6.88. The topological polar surface area (TPSA) is 84.3 Å². The first kappa shape index (κ1) is 17.1. The number of hydrogen-bond donors (Lipinski definition) is 2. The van der Waals surface area contributed by atoms with Crippen LogP contribution in [0.15, 0.2) is 24.3 Å². The molecule has 1 atom stereocenters. The molecule has 1 aromatic rings. The highest BCUT2D eigenvalue weighted by Gasteiger charge is 2.16. The Kier molecular flexibility index (Phi) is 6.81. The van der Waals surface area contributed by atoms with Crippen LogP contribution < -0.4 is 10.6 Å². The van der Waals surface area contributed by atoms with Crippen molar-refractivity contribution in [1.29, 1.82) is 0 Å². The van der Waals surface area contributed by atoms with E-state index in [1.54, 1.807) is 25.1 Å². The van der Waals surface area contributed by atoms with Crippen LogP contribution in [0.25, 0.3) is 0 Å². The van der Waals surface area contributed by atoms with Gasteiger partial charge >= 0.3 is 0 Å². The van der Waals surface area contributed by atoms with Crippen molar-refractivity contribution < 1.29 is 9.72 Å². The number of carbonyl (C=O) groups is 1. The average Bonchev–Trinajstić information content (AvgIpc) is 2.44. The lowest BCUT2D eigenvalue weighted by Crippen LogP contribution is -2.42. The molecule has 0 heterocycles. The fraction of sp³-hybridized carbons (Fsp3) is 0.533. The molecule has 1 amide bonds. The number of nitrogens with zero attached hydrogens (tertiary/aromatic N) is 1. The fourth-order valence-corrected chi connectivity index (χ4v) is 1.83. The second-order valence-electron chi connectivity index (χ2n) is 5.46. The zero-order valence-electron chi connectivity index (χ0n) is 12.8. The van der Waals surface area contributed by atoms with Gasteiger partial charge in [0, 0.05) is 24.7 Å². The van der Waals surface area contributed by atoms with Crippen molar-refractivity contribution in [3.05, 3.63) is 39.9 Å². The summed E-state index contributed by atoms with van der Waals surface area (Å²) in [7, 11) is 0. The van der Waals surface area contributed by atoms with E-state index in [1.807, 2.05) is 0 Å². The molecule has 0 fully saturated rings. The van der Waals surface area contributed by atoms with Gasteiger partial charge in [-0.3, -0.25) is 14.9 Å². The van der Waals surface area contributed by atoms with Crippen molar-refractivity contribution in [2.24, 2.45) is 5.92 Å². The van der Waals surface area contributed by atoms with Gasteiger partial charge in [0.25, 0.3) is 5.69 Å². The van der Waals surface area contributed by atoms with E-state index in [1.165, 1.54) is 6.07 Å². The third-order valence-corrected chi connectivity index (χ3v) is 3.20. The van der Waals surface area contributed by atoms with Gasteiger partial charge in [0.2, 0.25) is 5.91 Å². The van der Waals surface area contributed by atoms with Crippen LogP contribution in [0, 0.1) is 16.0 Å². The number of nitro benzene ring substituents is 1. The maximum Gasteiger partial charge on any atom is 0.273 e. The minimum Gasteiger partial charge on any atom is -0.355 e. The molecule has 0 aliphatic rings. The summed E-state index contributed by atoms with van der Waals surface area (Å²) in [5.74, 6) is 0.453. The van der Waals surface area contributed by atoms with Gasteiger partial charge in [-0.2, -0.15) is 0 Å². The number of nitrogens with one attached hydrogen (secondary N) is 2. The Morgan fingerprint density at radius 3 is 2.57 bits per heavy atom. The summed E-state index contributed by atoms with van der Waals surface area (Å²) in [4.78, 5) is 22.3. The third kappa shape index (κ3) is 5.91. The normalized spacial score (nSPS) is 12.2. The Hall–Kier alpha value is -1.95. The number of hydrogen-bond acceptors (Lipinski definition) is 4. The number of amides is 1. The predicted molar refractivity (Wildman–Crippen MR) is 81.9 cm³/mol. The Morgan fingerprint density at radius 2 is 1.95 bits per heavy atom. The van der Waals surface area contributed by atoms with Gasteiger partial charge in [-0.25, -0.2) is 0 Å². The molecular weight excluding hydrogens is 270 g/mol. The van der Waals surface area contributed by atoms with E-state index >= 15 is 0 Å². The van der Waals surface area contributed by atoms with Crippen LogP contribution in [0.1, 0.15) is 32.8 Å². The molecule has 0 aliphatic heterocycles. The van der Waals surface area contributed by atoms with Crippen molar-refractivity contribution >= 4 is 11.6 Å². The van der Waals surface area contributed by atoms with Gasteiger partial charge in [-0.05, 0) is 19.3 Å². The van der Waals surface area contributed by atoms with E-state index in [0.29, 0.717) is 18.0 Å². The molecule has 1 rings (SSSR count). The van der Waals surface area contributed by atoms with Crippen molar-refractivity contribution in [2.75, 3.05) is 6.54 Å². The van der Waals surface area contributed by atoms with Crippen molar-refractivity contribution in [3.63, 3.8) is 0 Å². The first-order chi connectivity index (χ1) is 9.91. The minimum atomic E-state index is -0.412. The molecule has 2 N–H and O–H groups in total. The highest BCUT2D eigenvalue weighted by molar-refractivity contribution is 5.81. The van der Waals surface area contributed by atoms with Gasteiger partial charge in [-0.1, -0.05) is 32.0 Å². The zero-order valence-corrected chi connectivity index (χ0v) is 12.8. The number of para-hydroxylation sites is 1. The van der Waals surface area contributed by atoms with Gasteiger partial charge in [0.05, 0.1) is 11.0 Å². The predicted octanol–water partition coefficient (Wildman–Crippen LogP) is 2.24. The second-order valence-corrected chi connectivity index (χ2v) is 5.46. The zero-order chi connectivity index (χ0) is 15.8. The van der Waals surface area contributed by atoms with Crippen LogP contribution in [0.4, 0.5) is 5.69 Å². The lowest BCUT2D eigenvalue weighted by Gasteiger charge is -2.14. The van der Waals surface area contributed by atoms with Crippen molar-refractivity contribution in [3.8, 4) is 0 Å². The number of carbonyl (C=O) groups excluding carboxylic acids is 1. The Balaban J connectivity index is 2.47. The van der Waals surface area contributed by atoms with E-state index in [2.05, 4.69) is 24.5 Å². The SMILES string of the molecule is CC(C)CCNC(=O)C(C)NCc1ccccc1[N+](=O)[O-]. The molecule has 0 aromatic heterocycles. The lowest BCUT2D eigenvalue weighted by molar-refractivity contribution is -0.385. The molecule has 0 radical (unpaired) electrons. The van der Waals surface area contributed by atoms with Crippen LogP contribution >= 0.6 is 0 Å². The Labute approximate surface area is 125 Å². The summed E-state index contributed by atoms with van der Waals surface area (Å²) in [6.07, 6.45) is 0.933. The molecule has 0 bridgehead atoms. The quantitative estimate of drug-likeness (QED) is 0.568. The monoisotopic (exact) mass is 293 g/mol. The van der Waals surface area contributed by atoms with Crippen LogP contribution in [-0.2, 0) is 11.3 Å². The van der Waals surface area contributed by atoms with Crippen LogP contribution in [-0.4, -0.2) is 23.4 Å². The maximum absolute atomic E-state index is 11.9. The summed E-state index contributed by atoms with van der Waals surface area (Å²) in [5, 5.41) is 16.8. The molecule has 0 saturated carbocycles. The molecule has 1 unspecified atom stereocenters. The molecule has 0 saturated heterocycles. The second kappa shape index (κ2) is 8.36. The molecule has 0 spiro atoms. The standard InChI is InChI=1S/C15H23N3O3/c1-11(2)8-9-16-15(19)12(3)17-10-13-6-4-5-7-14(13)18(20)21/h4-7,11-12,17H,8-10H2,1-3H3,(H,16,19). The molecular formula is C15H23N3O3. The van der Waals surface area contributed by atoms with Gasteiger partial charge in [-0.15, -0.1) is 0 Å². The highest BCUT2D eigenvalue weighted by Crippen LogP contribution is 2.17. The molecule has 0 aliphatic carbocycles. The van der Waals surface area contributed by atoms with E-state index in [9.17, 15) is 14.9 Å². The van der Waals surface area contributed by atoms with Crippen LogP contribution in [0.5, 0.6) is 0 Å². The Bertz CT molecular complexity index is 489. The van der Waals surface area contributed by atoms with Crippen molar-refractivity contribution in [1.82, 2.24) is 10.6 Å². The number of nitro groups is 1. The molecule has 6 heteroatoms. The fourth-order valence-electron chi connectivity index (χ4n) is 1.83. The first-order valence-corrected chi connectivity index (χ1v) is 7.15. The maximum atomic E-state index is 11.9. The molecule has 21 heavy (non-hydrogen) atoms. The van der Waals surface area contributed by atoms with Gasteiger partial charge in [0.1, 0.15) is 0 Å². The lowest BCUT2D eigenvalue weighted by atomic mass is 10.1. The molecule has 116 valence electrons. The summed E-state index contributed by atoms with van der Waals surface area (Å²) < 4.78 is 0. The van der Waals surface area contributed by atoms with E-state index in [4.69, 9.17) is 0 Å². The Morgan fingerprint density at radius 1 is 1.29 bits per heavy atom. The third-order valence-electron chi connectivity index (χ3n) is 3.20. The summed E-state index contributed by atoms with van der Waals surface area (Å²) in [5.41, 5.74) is 0.641.